The van der Waals surface area contributed by atoms with Crippen LogP contribution in [0.3, 0.4) is 0 Å². The SMILES string of the molecule is CCOC(=O)c1c(C)[nH]c(C(=O)[C@@H](C)Nc2ccc(C(N)=O)cc2)c1C. The topological polar surface area (TPSA) is 114 Å². The first-order valence-electron chi connectivity index (χ1n) is 8.33. The monoisotopic (exact) mass is 357 g/mol. The number of amides is 1. The number of hydrogen-bond acceptors (Lipinski definition) is 5. The number of aryl methyl sites for hydroxylation is 1. The van der Waals surface area contributed by atoms with Gasteiger partial charge in [0.1, 0.15) is 0 Å². The number of nitrogens with one attached hydrogen (secondary N) is 2. The fourth-order valence-electron chi connectivity index (χ4n) is 2.77. The fraction of sp³-hybridized carbons (Fsp3) is 0.316. The third-order valence-electron chi connectivity index (χ3n) is 4.11. The van der Waals surface area contributed by atoms with E-state index in [1.807, 2.05) is 0 Å². The molecule has 1 heterocycles. The van der Waals surface area contributed by atoms with E-state index in [0.717, 1.165) is 0 Å². The van der Waals surface area contributed by atoms with Crippen LogP contribution < -0.4 is 11.1 Å². The van der Waals surface area contributed by atoms with Crippen molar-refractivity contribution in [2.45, 2.75) is 33.7 Å². The molecule has 1 aromatic heterocycles. The summed E-state index contributed by atoms with van der Waals surface area (Å²) in [5.41, 5.74) is 8.23. The highest BCUT2D eigenvalue weighted by Gasteiger charge is 2.25. The van der Waals surface area contributed by atoms with E-state index in [1.54, 1.807) is 52.0 Å². The molecule has 0 fully saturated rings. The van der Waals surface area contributed by atoms with Crippen LogP contribution in [-0.2, 0) is 4.74 Å². The number of anilines is 1. The molecule has 2 rings (SSSR count). The molecule has 0 radical (unpaired) electrons. The summed E-state index contributed by atoms with van der Waals surface area (Å²) in [5.74, 6) is -1.13. The Morgan fingerprint density at radius 3 is 2.35 bits per heavy atom. The predicted octanol–water partition coefficient (Wildman–Crippen LogP) is 2.59. The van der Waals surface area contributed by atoms with Crippen LogP contribution in [-0.4, -0.2) is 35.3 Å². The first-order chi connectivity index (χ1) is 12.3. The lowest BCUT2D eigenvalue weighted by atomic mass is 10.0. The average Bonchev–Trinajstić information content (AvgIpc) is 2.89. The number of primary amides is 1. The van der Waals surface area contributed by atoms with Gasteiger partial charge < -0.3 is 20.8 Å². The molecule has 1 aromatic carbocycles. The van der Waals surface area contributed by atoms with Crippen LogP contribution in [0.4, 0.5) is 5.69 Å². The molecule has 0 spiro atoms. The van der Waals surface area contributed by atoms with Gasteiger partial charge in [-0.05, 0) is 57.5 Å². The molecule has 0 aliphatic carbocycles. The number of hydrogen-bond donors (Lipinski definition) is 3. The van der Waals surface area contributed by atoms with Crippen molar-refractivity contribution in [2.24, 2.45) is 5.73 Å². The van der Waals surface area contributed by atoms with Crippen molar-refractivity contribution in [2.75, 3.05) is 11.9 Å². The molecule has 2 aromatic rings. The number of ketones is 1. The molecule has 7 heteroatoms. The minimum absolute atomic E-state index is 0.180. The third-order valence-corrected chi connectivity index (χ3v) is 4.11. The fourth-order valence-corrected chi connectivity index (χ4v) is 2.77. The summed E-state index contributed by atoms with van der Waals surface area (Å²) < 4.78 is 5.05. The number of H-pyrrole nitrogens is 1. The standard InChI is InChI=1S/C19H23N3O4/c1-5-26-19(25)15-10(2)16(22-11(15)3)17(23)12(4)21-14-8-6-13(7-9-14)18(20)24/h6-9,12,21-22H,5H2,1-4H3,(H2,20,24)/t12-/m1/s1. The highest BCUT2D eigenvalue weighted by Crippen LogP contribution is 2.21. The van der Waals surface area contributed by atoms with E-state index in [4.69, 9.17) is 10.5 Å². The van der Waals surface area contributed by atoms with E-state index in [0.29, 0.717) is 33.8 Å². The van der Waals surface area contributed by atoms with Crippen molar-refractivity contribution in [3.05, 3.63) is 52.3 Å². The highest BCUT2D eigenvalue weighted by molar-refractivity contribution is 6.04. The third kappa shape index (κ3) is 3.93. The largest absolute Gasteiger partial charge is 0.462 e. The molecule has 0 saturated carbocycles. The van der Waals surface area contributed by atoms with Crippen molar-refractivity contribution < 1.29 is 19.1 Å². The van der Waals surface area contributed by atoms with Gasteiger partial charge in [-0.25, -0.2) is 4.79 Å². The van der Waals surface area contributed by atoms with E-state index < -0.39 is 17.9 Å². The zero-order valence-electron chi connectivity index (χ0n) is 15.3. The highest BCUT2D eigenvalue weighted by atomic mass is 16.5. The molecule has 7 nitrogen and oxygen atoms in total. The van der Waals surface area contributed by atoms with Gasteiger partial charge in [-0.2, -0.15) is 0 Å². The zero-order chi connectivity index (χ0) is 19.4. The molecule has 1 amide bonds. The maximum absolute atomic E-state index is 12.8. The van der Waals surface area contributed by atoms with Crippen LogP contribution in [0.25, 0.3) is 0 Å². The Morgan fingerprint density at radius 2 is 1.81 bits per heavy atom. The summed E-state index contributed by atoms with van der Waals surface area (Å²) in [6, 6.07) is 6.00. The van der Waals surface area contributed by atoms with Gasteiger partial charge in [0, 0.05) is 16.9 Å². The van der Waals surface area contributed by atoms with Crippen LogP contribution in [0.1, 0.15) is 56.3 Å². The van der Waals surface area contributed by atoms with Crippen LogP contribution >= 0.6 is 0 Å². The summed E-state index contributed by atoms with van der Waals surface area (Å²) in [6.07, 6.45) is 0. The van der Waals surface area contributed by atoms with Crippen molar-refractivity contribution >= 4 is 23.3 Å². The van der Waals surface area contributed by atoms with E-state index in [2.05, 4.69) is 10.3 Å². The van der Waals surface area contributed by atoms with Crippen LogP contribution in [0.5, 0.6) is 0 Å². The Labute approximate surface area is 151 Å². The van der Waals surface area contributed by atoms with Gasteiger partial charge >= 0.3 is 5.97 Å². The Hall–Kier alpha value is -3.09. The van der Waals surface area contributed by atoms with E-state index in [9.17, 15) is 14.4 Å². The lowest BCUT2D eigenvalue weighted by Crippen LogP contribution is -2.27. The number of carbonyl (C=O) groups excluding carboxylic acids is 3. The number of aromatic nitrogens is 1. The number of rotatable bonds is 7. The molecule has 1 atom stereocenters. The predicted molar refractivity (Wildman–Crippen MR) is 98.6 cm³/mol. The van der Waals surface area contributed by atoms with Gasteiger partial charge in [-0.15, -0.1) is 0 Å². The Morgan fingerprint density at radius 1 is 1.19 bits per heavy atom. The lowest BCUT2D eigenvalue weighted by Gasteiger charge is -2.14. The number of carbonyl (C=O) groups is 3. The summed E-state index contributed by atoms with van der Waals surface area (Å²) in [7, 11) is 0. The van der Waals surface area contributed by atoms with Crippen LogP contribution in [0.2, 0.25) is 0 Å². The van der Waals surface area contributed by atoms with Crippen LogP contribution in [0, 0.1) is 13.8 Å². The van der Waals surface area contributed by atoms with Crippen molar-refractivity contribution in [1.82, 2.24) is 4.98 Å². The second-order valence-electron chi connectivity index (χ2n) is 6.02. The molecule has 0 bridgehead atoms. The van der Waals surface area contributed by atoms with E-state index in [-0.39, 0.29) is 12.4 Å². The minimum Gasteiger partial charge on any atom is -0.462 e. The first-order valence-corrected chi connectivity index (χ1v) is 8.33. The first kappa shape index (κ1) is 19.2. The molecule has 0 saturated heterocycles. The molecule has 4 N–H and O–H groups in total. The van der Waals surface area contributed by atoms with Crippen molar-refractivity contribution in [3.63, 3.8) is 0 Å². The number of ether oxygens (including phenoxy) is 1. The van der Waals surface area contributed by atoms with Crippen molar-refractivity contribution in [3.8, 4) is 0 Å². The Bertz CT molecular complexity index is 837. The number of benzene rings is 1. The molecule has 0 aliphatic rings. The number of aromatic amines is 1. The summed E-state index contributed by atoms with van der Waals surface area (Å²) in [5, 5.41) is 3.08. The number of nitrogens with two attached hydrogens (primary N) is 1. The summed E-state index contributed by atoms with van der Waals surface area (Å²) in [6.45, 7) is 7.18. The Kier molecular flexibility index (Phi) is 5.82. The van der Waals surface area contributed by atoms with Gasteiger partial charge in [0.2, 0.25) is 11.7 Å². The van der Waals surface area contributed by atoms with Gasteiger partial charge in [0.15, 0.2) is 0 Å². The average molecular weight is 357 g/mol. The van der Waals surface area contributed by atoms with Gasteiger partial charge in [0.25, 0.3) is 0 Å². The second-order valence-corrected chi connectivity index (χ2v) is 6.02. The Balaban J connectivity index is 2.19. The second kappa shape index (κ2) is 7.86. The molecule has 26 heavy (non-hydrogen) atoms. The quantitative estimate of drug-likeness (QED) is 0.520. The van der Waals surface area contributed by atoms with Gasteiger partial charge in [-0.3, -0.25) is 9.59 Å². The maximum Gasteiger partial charge on any atom is 0.340 e. The normalized spacial score (nSPS) is 11.7. The van der Waals surface area contributed by atoms with Gasteiger partial charge in [-0.1, -0.05) is 0 Å². The number of esters is 1. The lowest BCUT2D eigenvalue weighted by molar-refractivity contribution is 0.0525. The van der Waals surface area contributed by atoms with Crippen molar-refractivity contribution in [1.29, 1.82) is 0 Å². The minimum atomic E-state index is -0.541. The summed E-state index contributed by atoms with van der Waals surface area (Å²) in [4.78, 5) is 38.9. The molecular formula is C19H23N3O4. The number of Topliss-reactive ketones (excluding diaryl/α,β-unsaturated/α-hetero) is 1. The maximum atomic E-state index is 12.8. The van der Waals surface area contributed by atoms with E-state index in [1.165, 1.54) is 0 Å². The zero-order valence-corrected chi connectivity index (χ0v) is 15.3. The van der Waals surface area contributed by atoms with Gasteiger partial charge in [0.05, 0.1) is 23.9 Å². The smallest absolute Gasteiger partial charge is 0.340 e. The molecule has 0 unspecified atom stereocenters. The van der Waals surface area contributed by atoms with Crippen LogP contribution in [0.15, 0.2) is 24.3 Å². The molecular weight excluding hydrogens is 334 g/mol. The van der Waals surface area contributed by atoms with E-state index >= 15 is 0 Å². The summed E-state index contributed by atoms with van der Waals surface area (Å²) >= 11 is 0. The molecule has 0 aliphatic heterocycles. The molecule has 138 valence electrons.